The van der Waals surface area contributed by atoms with E-state index in [0.29, 0.717) is 0 Å². The van der Waals surface area contributed by atoms with E-state index in [1.165, 1.54) is 0 Å². The molecule has 3 nitrogen and oxygen atoms in total. The van der Waals surface area contributed by atoms with Gasteiger partial charge in [-0.25, -0.2) is 0 Å². The monoisotopic (exact) mass is 239 g/mol. The molecule has 0 spiro atoms. The first-order valence-electron chi connectivity index (χ1n) is 5.24. The number of benzene rings is 1. The zero-order chi connectivity index (χ0) is 11.8. The van der Waals surface area contributed by atoms with Gasteiger partial charge in [-0.2, -0.15) is 0 Å². The van der Waals surface area contributed by atoms with Gasteiger partial charge in [-0.15, -0.1) is 11.8 Å². The van der Waals surface area contributed by atoms with Crippen molar-refractivity contribution in [2.45, 2.75) is 23.3 Å². The number of hydrogen-bond donors (Lipinski definition) is 1. The molecule has 1 aliphatic carbocycles. The molecule has 0 aromatic heterocycles. The van der Waals surface area contributed by atoms with E-state index in [1.807, 2.05) is 12.3 Å². The summed E-state index contributed by atoms with van der Waals surface area (Å²) in [5.74, 6) is 1.58. The van der Waals surface area contributed by atoms with Crippen LogP contribution in [0.25, 0.3) is 0 Å². The SMILES string of the molecule is COc1c(SC)ccc(C2(N)CC2)c1OC. The van der Waals surface area contributed by atoms with Gasteiger partial charge < -0.3 is 15.2 Å². The predicted octanol–water partition coefficient (Wildman–Crippen LogP) is 2.37. The summed E-state index contributed by atoms with van der Waals surface area (Å²) >= 11 is 1.64. The van der Waals surface area contributed by atoms with Crippen molar-refractivity contribution < 1.29 is 9.47 Å². The van der Waals surface area contributed by atoms with Crippen molar-refractivity contribution in [1.82, 2.24) is 0 Å². The molecule has 16 heavy (non-hydrogen) atoms. The Bertz CT molecular complexity index is 402. The predicted molar refractivity (Wildman–Crippen MR) is 66.4 cm³/mol. The highest BCUT2D eigenvalue weighted by Gasteiger charge is 2.43. The Morgan fingerprint density at radius 2 is 1.81 bits per heavy atom. The van der Waals surface area contributed by atoms with Gasteiger partial charge in [0.1, 0.15) is 0 Å². The Morgan fingerprint density at radius 3 is 2.25 bits per heavy atom. The fourth-order valence-electron chi connectivity index (χ4n) is 1.90. The molecule has 2 rings (SSSR count). The van der Waals surface area contributed by atoms with Crippen molar-refractivity contribution in [2.75, 3.05) is 20.5 Å². The van der Waals surface area contributed by atoms with Crippen LogP contribution in [-0.2, 0) is 5.54 Å². The normalized spacial score (nSPS) is 17.0. The van der Waals surface area contributed by atoms with Crippen molar-refractivity contribution >= 4 is 11.8 Å². The lowest BCUT2D eigenvalue weighted by atomic mass is 10.0. The summed E-state index contributed by atoms with van der Waals surface area (Å²) in [5.41, 5.74) is 7.08. The summed E-state index contributed by atoms with van der Waals surface area (Å²) < 4.78 is 10.9. The van der Waals surface area contributed by atoms with Crippen LogP contribution in [0, 0.1) is 0 Å². The van der Waals surface area contributed by atoms with Crippen LogP contribution >= 0.6 is 11.8 Å². The minimum absolute atomic E-state index is 0.199. The third-order valence-corrected chi connectivity index (χ3v) is 3.79. The van der Waals surface area contributed by atoms with Gasteiger partial charge in [0.2, 0.25) is 0 Å². The maximum atomic E-state index is 6.22. The van der Waals surface area contributed by atoms with Crippen LogP contribution in [-0.4, -0.2) is 20.5 Å². The van der Waals surface area contributed by atoms with E-state index in [1.54, 1.807) is 26.0 Å². The molecule has 1 aliphatic rings. The topological polar surface area (TPSA) is 44.5 Å². The van der Waals surface area contributed by atoms with E-state index in [0.717, 1.165) is 34.8 Å². The molecule has 1 saturated carbocycles. The Morgan fingerprint density at radius 1 is 1.19 bits per heavy atom. The standard InChI is InChI=1S/C12H17NO2S/c1-14-10-8(12(13)6-7-12)4-5-9(16-3)11(10)15-2/h4-5H,6-7,13H2,1-3H3. The molecule has 0 atom stereocenters. The van der Waals surface area contributed by atoms with Crippen LogP contribution in [0.2, 0.25) is 0 Å². The number of hydrogen-bond acceptors (Lipinski definition) is 4. The van der Waals surface area contributed by atoms with Gasteiger partial charge >= 0.3 is 0 Å². The van der Waals surface area contributed by atoms with Crippen LogP contribution in [0.4, 0.5) is 0 Å². The van der Waals surface area contributed by atoms with Gasteiger partial charge in [0, 0.05) is 11.1 Å². The quantitative estimate of drug-likeness (QED) is 0.819. The van der Waals surface area contributed by atoms with E-state index < -0.39 is 0 Å². The third-order valence-electron chi connectivity index (χ3n) is 3.03. The molecule has 0 saturated heterocycles. The molecule has 1 aromatic carbocycles. The van der Waals surface area contributed by atoms with Crippen molar-refractivity contribution in [3.63, 3.8) is 0 Å². The van der Waals surface area contributed by atoms with Crippen LogP contribution in [0.3, 0.4) is 0 Å². The van der Waals surface area contributed by atoms with Gasteiger partial charge in [-0.3, -0.25) is 0 Å². The Hall–Kier alpha value is -0.870. The van der Waals surface area contributed by atoms with Gasteiger partial charge in [0.15, 0.2) is 11.5 Å². The van der Waals surface area contributed by atoms with E-state index in [9.17, 15) is 0 Å². The molecule has 2 N–H and O–H groups in total. The molecule has 1 fully saturated rings. The molecule has 0 amide bonds. The summed E-state index contributed by atoms with van der Waals surface area (Å²) in [7, 11) is 3.33. The van der Waals surface area contributed by atoms with Gasteiger partial charge in [0.25, 0.3) is 0 Å². The lowest BCUT2D eigenvalue weighted by Crippen LogP contribution is -2.20. The first-order valence-corrected chi connectivity index (χ1v) is 6.47. The first kappa shape index (κ1) is 11.6. The summed E-state index contributed by atoms with van der Waals surface area (Å²) in [6.07, 6.45) is 4.06. The zero-order valence-electron chi connectivity index (χ0n) is 9.87. The van der Waals surface area contributed by atoms with Crippen molar-refractivity contribution in [3.8, 4) is 11.5 Å². The van der Waals surface area contributed by atoms with Crippen LogP contribution < -0.4 is 15.2 Å². The number of ether oxygens (including phenoxy) is 2. The molecule has 0 heterocycles. The molecular weight excluding hydrogens is 222 g/mol. The molecule has 0 unspecified atom stereocenters. The molecule has 0 radical (unpaired) electrons. The zero-order valence-corrected chi connectivity index (χ0v) is 10.7. The molecule has 0 aliphatic heterocycles. The van der Waals surface area contributed by atoms with Gasteiger partial charge in [0.05, 0.1) is 19.1 Å². The van der Waals surface area contributed by atoms with E-state index >= 15 is 0 Å². The lowest BCUT2D eigenvalue weighted by molar-refractivity contribution is 0.342. The summed E-state index contributed by atoms with van der Waals surface area (Å²) in [5, 5.41) is 0. The van der Waals surface area contributed by atoms with Crippen molar-refractivity contribution in [2.24, 2.45) is 5.73 Å². The fourth-order valence-corrected chi connectivity index (χ4v) is 2.46. The minimum atomic E-state index is -0.199. The number of nitrogens with two attached hydrogens (primary N) is 1. The highest BCUT2D eigenvalue weighted by atomic mass is 32.2. The van der Waals surface area contributed by atoms with Crippen LogP contribution in [0.1, 0.15) is 18.4 Å². The van der Waals surface area contributed by atoms with Crippen molar-refractivity contribution in [3.05, 3.63) is 17.7 Å². The van der Waals surface area contributed by atoms with E-state index in [4.69, 9.17) is 15.2 Å². The Labute approximate surface area is 100 Å². The van der Waals surface area contributed by atoms with E-state index in [2.05, 4.69) is 6.07 Å². The van der Waals surface area contributed by atoms with E-state index in [-0.39, 0.29) is 5.54 Å². The maximum Gasteiger partial charge on any atom is 0.174 e. The third kappa shape index (κ3) is 1.76. The second kappa shape index (κ2) is 4.18. The molecule has 0 bridgehead atoms. The second-order valence-corrected chi connectivity index (χ2v) is 4.89. The van der Waals surface area contributed by atoms with Gasteiger partial charge in [-0.1, -0.05) is 6.07 Å². The number of thioether (sulfide) groups is 1. The highest BCUT2D eigenvalue weighted by molar-refractivity contribution is 7.98. The second-order valence-electron chi connectivity index (χ2n) is 4.04. The summed E-state index contributed by atoms with van der Waals surface area (Å²) in [6, 6.07) is 4.11. The first-order chi connectivity index (χ1) is 7.66. The number of methoxy groups -OCH3 is 2. The van der Waals surface area contributed by atoms with Gasteiger partial charge in [-0.05, 0) is 25.2 Å². The molecule has 1 aromatic rings. The lowest BCUT2D eigenvalue weighted by Gasteiger charge is -2.18. The highest BCUT2D eigenvalue weighted by Crippen LogP contribution is 2.51. The Kier molecular flexibility index (Phi) is 3.04. The number of rotatable bonds is 4. The minimum Gasteiger partial charge on any atom is -0.492 e. The summed E-state index contributed by atoms with van der Waals surface area (Å²) in [4.78, 5) is 1.08. The maximum absolute atomic E-state index is 6.22. The van der Waals surface area contributed by atoms with Crippen LogP contribution in [0.5, 0.6) is 11.5 Å². The van der Waals surface area contributed by atoms with Crippen molar-refractivity contribution in [1.29, 1.82) is 0 Å². The summed E-state index contributed by atoms with van der Waals surface area (Å²) in [6.45, 7) is 0. The molecular formula is C12H17NO2S. The average molecular weight is 239 g/mol. The fraction of sp³-hybridized carbons (Fsp3) is 0.500. The largest absolute Gasteiger partial charge is 0.492 e. The average Bonchev–Trinajstić information content (AvgIpc) is 3.06. The molecule has 4 heteroatoms. The van der Waals surface area contributed by atoms with Crippen LogP contribution in [0.15, 0.2) is 17.0 Å². The Balaban J connectivity index is 2.55. The smallest absolute Gasteiger partial charge is 0.174 e. The molecule has 88 valence electrons.